The predicted octanol–water partition coefficient (Wildman–Crippen LogP) is 1.35. The summed E-state index contributed by atoms with van der Waals surface area (Å²) in [4.78, 5) is 22.8. The van der Waals surface area contributed by atoms with Crippen LogP contribution in [0.25, 0.3) is 0 Å². The number of carboxylic acid groups (broad SMARTS) is 1. The average Bonchev–Trinajstić information content (AvgIpc) is 2.82. The number of carbonyl (C=O) groups excluding carboxylic acids is 1. The molecule has 6 heteroatoms. The summed E-state index contributed by atoms with van der Waals surface area (Å²) in [6.45, 7) is 3.92. The largest absolute Gasteiger partial charge is 0.480 e. The van der Waals surface area contributed by atoms with E-state index in [4.69, 9.17) is 5.11 Å². The summed E-state index contributed by atoms with van der Waals surface area (Å²) in [5.74, 6) is -1.46. The molecule has 0 radical (unpaired) electrons. The minimum atomic E-state index is -1.01. The van der Waals surface area contributed by atoms with Crippen molar-refractivity contribution in [3.63, 3.8) is 0 Å². The molecule has 0 unspecified atom stereocenters. The van der Waals surface area contributed by atoms with Crippen molar-refractivity contribution in [3.05, 3.63) is 17.5 Å². The molecule has 0 spiro atoms. The normalized spacial score (nSPS) is 12.1. The number of nitrogens with one attached hydrogen (secondary N) is 2. The first-order chi connectivity index (χ1) is 8.58. The van der Waals surface area contributed by atoms with Crippen molar-refractivity contribution in [2.24, 2.45) is 0 Å². The van der Waals surface area contributed by atoms with Gasteiger partial charge in [-0.15, -0.1) is 0 Å². The van der Waals surface area contributed by atoms with Gasteiger partial charge in [-0.25, -0.2) is 4.79 Å². The van der Waals surface area contributed by atoms with Gasteiger partial charge in [0.2, 0.25) is 0 Å². The Kier molecular flexibility index (Phi) is 5.35. The summed E-state index contributed by atoms with van der Waals surface area (Å²) >= 11 is 0. The smallest absolute Gasteiger partial charge is 0.326 e. The molecule has 0 aliphatic heterocycles. The molecule has 0 aliphatic rings. The maximum Gasteiger partial charge on any atom is 0.326 e. The van der Waals surface area contributed by atoms with Crippen LogP contribution in [-0.2, 0) is 11.2 Å². The Morgan fingerprint density at radius 1 is 1.50 bits per heavy atom. The van der Waals surface area contributed by atoms with Crippen LogP contribution in [0.4, 0.5) is 0 Å². The molecule has 3 N–H and O–H groups in total. The lowest BCUT2D eigenvalue weighted by Crippen LogP contribution is -2.40. The van der Waals surface area contributed by atoms with Crippen LogP contribution in [0, 0.1) is 0 Å². The molecule has 0 aliphatic carbocycles. The van der Waals surface area contributed by atoms with Gasteiger partial charge in [0.25, 0.3) is 5.91 Å². The summed E-state index contributed by atoms with van der Waals surface area (Å²) in [5, 5.41) is 18.1. The Bertz CT molecular complexity index is 414. The number of hydrogen-bond donors (Lipinski definition) is 3. The monoisotopic (exact) mass is 253 g/mol. The number of aromatic amines is 1. The molecule has 0 saturated heterocycles. The number of carboxylic acids is 1. The SMILES string of the molecule is CCCC[C@H](NC(=O)c1cc(CC)[nH]n1)C(=O)O. The van der Waals surface area contributed by atoms with Crippen molar-refractivity contribution in [2.75, 3.05) is 0 Å². The van der Waals surface area contributed by atoms with Gasteiger partial charge < -0.3 is 10.4 Å². The van der Waals surface area contributed by atoms with Gasteiger partial charge in [-0.05, 0) is 18.9 Å². The number of carbonyl (C=O) groups is 2. The van der Waals surface area contributed by atoms with Gasteiger partial charge in [0, 0.05) is 5.69 Å². The fourth-order valence-electron chi connectivity index (χ4n) is 1.56. The van der Waals surface area contributed by atoms with Crippen LogP contribution in [0.2, 0.25) is 0 Å². The van der Waals surface area contributed by atoms with Gasteiger partial charge in [-0.3, -0.25) is 9.89 Å². The number of aryl methyl sites for hydroxylation is 1. The van der Waals surface area contributed by atoms with Crippen molar-refractivity contribution < 1.29 is 14.7 Å². The maximum atomic E-state index is 11.8. The van der Waals surface area contributed by atoms with Crippen LogP contribution >= 0.6 is 0 Å². The average molecular weight is 253 g/mol. The molecule has 18 heavy (non-hydrogen) atoms. The standard InChI is InChI=1S/C12H19N3O3/c1-3-5-6-9(12(17)18)13-11(16)10-7-8(4-2)14-15-10/h7,9H,3-6H2,1-2H3,(H,13,16)(H,14,15)(H,17,18)/t9-/m0/s1. The number of aliphatic carboxylic acids is 1. The van der Waals surface area contributed by atoms with Crippen molar-refractivity contribution in [1.82, 2.24) is 15.5 Å². The Morgan fingerprint density at radius 3 is 2.72 bits per heavy atom. The summed E-state index contributed by atoms with van der Waals surface area (Å²) in [6.07, 6.45) is 2.83. The van der Waals surface area contributed by atoms with Gasteiger partial charge in [0.05, 0.1) is 0 Å². The topological polar surface area (TPSA) is 95.1 Å². The highest BCUT2D eigenvalue weighted by Gasteiger charge is 2.21. The lowest BCUT2D eigenvalue weighted by Gasteiger charge is -2.12. The first-order valence-corrected chi connectivity index (χ1v) is 6.16. The van der Waals surface area contributed by atoms with Crippen molar-refractivity contribution in [2.45, 2.75) is 45.6 Å². The number of aromatic nitrogens is 2. The van der Waals surface area contributed by atoms with Gasteiger partial charge in [0.1, 0.15) is 11.7 Å². The summed E-state index contributed by atoms with van der Waals surface area (Å²) < 4.78 is 0. The highest BCUT2D eigenvalue weighted by molar-refractivity contribution is 5.94. The lowest BCUT2D eigenvalue weighted by molar-refractivity contribution is -0.139. The molecule has 1 atom stereocenters. The van der Waals surface area contributed by atoms with Crippen LogP contribution in [0.3, 0.4) is 0 Å². The quantitative estimate of drug-likeness (QED) is 0.683. The molecule has 100 valence electrons. The van der Waals surface area contributed by atoms with E-state index in [1.807, 2.05) is 13.8 Å². The summed E-state index contributed by atoms with van der Waals surface area (Å²) in [6, 6.07) is 0.785. The van der Waals surface area contributed by atoms with E-state index in [1.165, 1.54) is 0 Å². The van der Waals surface area contributed by atoms with Crippen LogP contribution < -0.4 is 5.32 Å². The molecule has 0 saturated carbocycles. The molecule has 0 fully saturated rings. The van der Waals surface area contributed by atoms with E-state index in [-0.39, 0.29) is 5.69 Å². The zero-order valence-electron chi connectivity index (χ0n) is 10.7. The fourth-order valence-corrected chi connectivity index (χ4v) is 1.56. The van der Waals surface area contributed by atoms with Gasteiger partial charge in [-0.2, -0.15) is 5.10 Å². The lowest BCUT2D eigenvalue weighted by atomic mass is 10.1. The third-order valence-electron chi connectivity index (χ3n) is 2.69. The second-order valence-corrected chi connectivity index (χ2v) is 4.14. The molecule has 1 heterocycles. The fraction of sp³-hybridized carbons (Fsp3) is 0.583. The third-order valence-corrected chi connectivity index (χ3v) is 2.69. The molecular weight excluding hydrogens is 234 g/mol. The zero-order chi connectivity index (χ0) is 13.5. The van der Waals surface area contributed by atoms with Gasteiger partial charge >= 0.3 is 5.97 Å². The molecule has 6 nitrogen and oxygen atoms in total. The molecule has 1 amide bonds. The Morgan fingerprint density at radius 2 is 2.22 bits per heavy atom. The van der Waals surface area contributed by atoms with E-state index < -0.39 is 17.9 Å². The third kappa shape index (κ3) is 3.87. The van der Waals surface area contributed by atoms with E-state index in [1.54, 1.807) is 6.07 Å². The molecular formula is C12H19N3O3. The van der Waals surface area contributed by atoms with E-state index in [2.05, 4.69) is 15.5 Å². The second kappa shape index (κ2) is 6.78. The van der Waals surface area contributed by atoms with E-state index >= 15 is 0 Å². The van der Waals surface area contributed by atoms with E-state index in [0.717, 1.165) is 25.0 Å². The molecule has 0 aromatic carbocycles. The van der Waals surface area contributed by atoms with Crippen LogP contribution in [0.15, 0.2) is 6.07 Å². The van der Waals surface area contributed by atoms with Gasteiger partial charge in [0.15, 0.2) is 0 Å². The number of rotatable bonds is 7. The van der Waals surface area contributed by atoms with E-state index in [9.17, 15) is 9.59 Å². The Balaban J connectivity index is 2.62. The number of amides is 1. The minimum Gasteiger partial charge on any atom is -0.480 e. The van der Waals surface area contributed by atoms with Crippen molar-refractivity contribution >= 4 is 11.9 Å². The number of hydrogen-bond acceptors (Lipinski definition) is 3. The second-order valence-electron chi connectivity index (χ2n) is 4.14. The first-order valence-electron chi connectivity index (χ1n) is 6.16. The number of unbranched alkanes of at least 4 members (excludes halogenated alkanes) is 1. The predicted molar refractivity (Wildman–Crippen MR) is 66.4 cm³/mol. The summed E-state index contributed by atoms with van der Waals surface area (Å²) in [7, 11) is 0. The molecule has 1 rings (SSSR count). The first kappa shape index (κ1) is 14.2. The van der Waals surface area contributed by atoms with Crippen LogP contribution in [0.1, 0.15) is 49.3 Å². The summed E-state index contributed by atoms with van der Waals surface area (Å²) in [5.41, 5.74) is 1.08. The number of nitrogens with zero attached hydrogens (tertiary/aromatic N) is 1. The Hall–Kier alpha value is -1.85. The van der Waals surface area contributed by atoms with Crippen molar-refractivity contribution in [3.8, 4) is 0 Å². The molecule has 0 bridgehead atoms. The molecule has 1 aromatic heterocycles. The maximum absolute atomic E-state index is 11.8. The van der Waals surface area contributed by atoms with Crippen LogP contribution in [0.5, 0.6) is 0 Å². The highest BCUT2D eigenvalue weighted by Crippen LogP contribution is 2.04. The Labute approximate surface area is 106 Å². The highest BCUT2D eigenvalue weighted by atomic mass is 16.4. The molecule has 1 aromatic rings. The zero-order valence-corrected chi connectivity index (χ0v) is 10.7. The van der Waals surface area contributed by atoms with Crippen LogP contribution in [-0.4, -0.2) is 33.2 Å². The van der Waals surface area contributed by atoms with Crippen molar-refractivity contribution in [1.29, 1.82) is 0 Å². The van der Waals surface area contributed by atoms with E-state index in [0.29, 0.717) is 6.42 Å². The van der Waals surface area contributed by atoms with Gasteiger partial charge in [-0.1, -0.05) is 26.7 Å². The number of H-pyrrole nitrogens is 1. The minimum absolute atomic E-state index is 0.231.